The number of carbonyl (C=O) groups excluding carboxylic acids is 1. The van der Waals surface area contributed by atoms with E-state index in [0.29, 0.717) is 6.54 Å². The van der Waals surface area contributed by atoms with Crippen LogP contribution in [-0.4, -0.2) is 47.8 Å². The standard InChI is InChI=1S/C12H21NO3/c1-16-11(14)10-5-8-13(10)9-12(15)6-3-2-4-7-12/h10,15H,2-9H2,1H3. The predicted octanol–water partition coefficient (Wildman–Crippen LogP) is 0.929. The molecule has 4 nitrogen and oxygen atoms in total. The minimum atomic E-state index is -0.565. The molecule has 2 aliphatic rings. The van der Waals surface area contributed by atoms with Crippen LogP contribution in [0.2, 0.25) is 0 Å². The molecule has 1 unspecified atom stereocenters. The van der Waals surface area contributed by atoms with E-state index in [1.54, 1.807) is 0 Å². The fraction of sp³-hybridized carbons (Fsp3) is 0.917. The molecule has 1 saturated carbocycles. The van der Waals surface area contributed by atoms with Crippen molar-refractivity contribution < 1.29 is 14.6 Å². The van der Waals surface area contributed by atoms with Crippen LogP contribution in [0.4, 0.5) is 0 Å². The highest BCUT2D eigenvalue weighted by Gasteiger charge is 2.40. The minimum absolute atomic E-state index is 0.115. The maximum Gasteiger partial charge on any atom is 0.323 e. The topological polar surface area (TPSA) is 49.8 Å². The van der Waals surface area contributed by atoms with Crippen molar-refractivity contribution in [1.29, 1.82) is 0 Å². The van der Waals surface area contributed by atoms with Gasteiger partial charge in [0.15, 0.2) is 0 Å². The van der Waals surface area contributed by atoms with E-state index in [4.69, 9.17) is 4.74 Å². The van der Waals surface area contributed by atoms with Gasteiger partial charge in [-0.3, -0.25) is 9.69 Å². The number of rotatable bonds is 3. The zero-order valence-electron chi connectivity index (χ0n) is 9.95. The van der Waals surface area contributed by atoms with Gasteiger partial charge in [-0.25, -0.2) is 0 Å². The predicted molar refractivity (Wildman–Crippen MR) is 60.0 cm³/mol. The van der Waals surface area contributed by atoms with Gasteiger partial charge in [0.25, 0.3) is 0 Å². The van der Waals surface area contributed by atoms with Crippen LogP contribution in [0, 0.1) is 0 Å². The van der Waals surface area contributed by atoms with Gasteiger partial charge in [-0.2, -0.15) is 0 Å². The summed E-state index contributed by atoms with van der Waals surface area (Å²) >= 11 is 0. The number of aliphatic hydroxyl groups is 1. The number of hydrogen-bond acceptors (Lipinski definition) is 4. The van der Waals surface area contributed by atoms with Gasteiger partial charge < -0.3 is 9.84 Å². The van der Waals surface area contributed by atoms with Crippen LogP contribution in [0.15, 0.2) is 0 Å². The number of likely N-dealkylation sites (tertiary alicyclic amines) is 1. The van der Waals surface area contributed by atoms with E-state index in [1.165, 1.54) is 13.5 Å². The fourth-order valence-electron chi connectivity index (χ4n) is 2.78. The van der Waals surface area contributed by atoms with E-state index < -0.39 is 5.60 Å². The molecule has 1 atom stereocenters. The maximum absolute atomic E-state index is 11.4. The molecule has 0 aromatic rings. The molecule has 0 amide bonds. The summed E-state index contributed by atoms with van der Waals surface area (Å²) in [5.41, 5.74) is -0.565. The van der Waals surface area contributed by atoms with Gasteiger partial charge in [0.2, 0.25) is 0 Å². The summed E-state index contributed by atoms with van der Waals surface area (Å²) in [5.74, 6) is -0.161. The van der Waals surface area contributed by atoms with Crippen LogP contribution in [0.1, 0.15) is 38.5 Å². The lowest BCUT2D eigenvalue weighted by Gasteiger charge is -2.44. The molecular formula is C12H21NO3. The Morgan fingerprint density at radius 1 is 1.44 bits per heavy atom. The van der Waals surface area contributed by atoms with Crippen molar-refractivity contribution >= 4 is 5.97 Å². The van der Waals surface area contributed by atoms with Gasteiger partial charge in [-0.15, -0.1) is 0 Å². The Morgan fingerprint density at radius 3 is 2.62 bits per heavy atom. The number of hydrogen-bond donors (Lipinski definition) is 1. The number of β-amino-alcohol motifs (C(OH)–C–C–N with tert-alkyl or cyclic N) is 1. The molecule has 1 aliphatic carbocycles. The van der Waals surface area contributed by atoms with E-state index >= 15 is 0 Å². The zero-order valence-corrected chi connectivity index (χ0v) is 9.95. The monoisotopic (exact) mass is 227 g/mol. The Labute approximate surface area is 96.6 Å². The molecule has 1 N–H and O–H groups in total. The molecule has 0 spiro atoms. The van der Waals surface area contributed by atoms with Crippen molar-refractivity contribution in [2.75, 3.05) is 20.2 Å². The van der Waals surface area contributed by atoms with Gasteiger partial charge in [0, 0.05) is 13.1 Å². The van der Waals surface area contributed by atoms with Crippen LogP contribution in [0.25, 0.3) is 0 Å². The van der Waals surface area contributed by atoms with E-state index in [9.17, 15) is 9.90 Å². The number of nitrogens with zero attached hydrogens (tertiary/aromatic N) is 1. The van der Waals surface area contributed by atoms with Crippen LogP contribution in [-0.2, 0) is 9.53 Å². The molecule has 1 saturated heterocycles. The first-order chi connectivity index (χ1) is 7.64. The third kappa shape index (κ3) is 2.38. The summed E-state index contributed by atoms with van der Waals surface area (Å²) in [6, 6.07) is -0.115. The second-order valence-electron chi connectivity index (χ2n) is 5.08. The normalized spacial score (nSPS) is 29.5. The van der Waals surface area contributed by atoms with Crippen molar-refractivity contribution in [3.8, 4) is 0 Å². The number of esters is 1. The SMILES string of the molecule is COC(=O)C1CCN1CC1(O)CCCCC1. The molecule has 0 bridgehead atoms. The van der Waals surface area contributed by atoms with Gasteiger partial charge in [0.05, 0.1) is 12.7 Å². The number of methoxy groups -OCH3 is 1. The molecule has 0 aromatic heterocycles. The summed E-state index contributed by atoms with van der Waals surface area (Å²) in [4.78, 5) is 13.5. The molecule has 16 heavy (non-hydrogen) atoms. The molecular weight excluding hydrogens is 206 g/mol. The molecule has 4 heteroatoms. The van der Waals surface area contributed by atoms with Crippen LogP contribution >= 0.6 is 0 Å². The summed E-state index contributed by atoms with van der Waals surface area (Å²) in [7, 11) is 1.42. The zero-order chi connectivity index (χ0) is 11.6. The summed E-state index contributed by atoms with van der Waals surface area (Å²) in [6.45, 7) is 1.54. The Hall–Kier alpha value is -0.610. The highest BCUT2D eigenvalue weighted by molar-refractivity contribution is 5.76. The summed E-state index contributed by atoms with van der Waals surface area (Å²) in [5, 5.41) is 10.4. The smallest absolute Gasteiger partial charge is 0.323 e. The summed E-state index contributed by atoms with van der Waals surface area (Å²) < 4.78 is 4.74. The van der Waals surface area contributed by atoms with Gasteiger partial charge in [-0.1, -0.05) is 19.3 Å². The number of carbonyl (C=O) groups is 1. The Morgan fingerprint density at radius 2 is 2.12 bits per heavy atom. The fourth-order valence-corrected chi connectivity index (χ4v) is 2.78. The van der Waals surface area contributed by atoms with E-state index in [-0.39, 0.29) is 12.0 Å². The highest BCUT2D eigenvalue weighted by atomic mass is 16.5. The lowest BCUT2D eigenvalue weighted by atomic mass is 9.83. The molecule has 0 aromatic carbocycles. The first kappa shape index (κ1) is 11.9. The maximum atomic E-state index is 11.4. The molecule has 1 aliphatic heterocycles. The van der Waals surface area contributed by atoms with Crippen molar-refractivity contribution in [3.05, 3.63) is 0 Å². The average molecular weight is 227 g/mol. The third-order valence-electron chi connectivity index (χ3n) is 3.89. The van der Waals surface area contributed by atoms with Gasteiger partial charge in [-0.05, 0) is 19.3 Å². The molecule has 2 fully saturated rings. The van der Waals surface area contributed by atoms with Gasteiger partial charge >= 0.3 is 5.97 Å². The van der Waals surface area contributed by atoms with E-state index in [0.717, 1.165) is 38.6 Å². The molecule has 0 radical (unpaired) electrons. The second kappa shape index (κ2) is 4.72. The average Bonchev–Trinajstić information content (AvgIpc) is 2.25. The summed E-state index contributed by atoms with van der Waals surface area (Å²) in [6.07, 6.45) is 6.04. The third-order valence-corrected chi connectivity index (χ3v) is 3.89. The first-order valence-electron chi connectivity index (χ1n) is 6.19. The highest BCUT2D eigenvalue weighted by Crippen LogP contribution is 2.31. The molecule has 2 rings (SSSR count). The van der Waals surface area contributed by atoms with Crippen molar-refractivity contribution in [3.63, 3.8) is 0 Å². The van der Waals surface area contributed by atoms with Crippen LogP contribution in [0.3, 0.4) is 0 Å². The van der Waals surface area contributed by atoms with Crippen molar-refractivity contribution in [2.24, 2.45) is 0 Å². The Balaban J connectivity index is 1.87. The van der Waals surface area contributed by atoms with Crippen molar-refractivity contribution in [1.82, 2.24) is 4.90 Å². The van der Waals surface area contributed by atoms with E-state index in [1.807, 2.05) is 0 Å². The van der Waals surface area contributed by atoms with Crippen molar-refractivity contribution in [2.45, 2.75) is 50.2 Å². The minimum Gasteiger partial charge on any atom is -0.468 e. The Kier molecular flexibility index (Phi) is 3.50. The van der Waals surface area contributed by atoms with Crippen LogP contribution < -0.4 is 0 Å². The van der Waals surface area contributed by atoms with Crippen LogP contribution in [0.5, 0.6) is 0 Å². The molecule has 92 valence electrons. The lowest BCUT2D eigenvalue weighted by Crippen LogP contribution is -2.58. The lowest BCUT2D eigenvalue weighted by molar-refractivity contribution is -0.155. The quantitative estimate of drug-likeness (QED) is 0.729. The second-order valence-corrected chi connectivity index (χ2v) is 5.08. The van der Waals surface area contributed by atoms with E-state index in [2.05, 4.69) is 4.90 Å². The first-order valence-corrected chi connectivity index (χ1v) is 6.19. The van der Waals surface area contributed by atoms with Gasteiger partial charge in [0.1, 0.15) is 6.04 Å². The molecule has 1 heterocycles. The Bertz CT molecular complexity index is 261. The largest absolute Gasteiger partial charge is 0.468 e. The number of ether oxygens (including phenoxy) is 1.